The van der Waals surface area contributed by atoms with Gasteiger partial charge in [-0.1, -0.05) is 199 Å². The van der Waals surface area contributed by atoms with Crippen LogP contribution in [-0.4, -0.2) is 125 Å². The molecule has 2 saturated carbocycles. The smallest absolute Gasteiger partial charge is 0.408 e. The molecule has 4 aliphatic rings. The maximum absolute atomic E-state index is 15.2. The van der Waals surface area contributed by atoms with E-state index in [-0.39, 0.29) is 50.0 Å². The van der Waals surface area contributed by atoms with Crippen LogP contribution in [0.4, 0.5) is 4.79 Å². The van der Waals surface area contributed by atoms with Crippen molar-refractivity contribution in [2.45, 2.75) is 335 Å². The molecule has 97 heavy (non-hydrogen) atoms. The molecule has 3 fully saturated rings. The van der Waals surface area contributed by atoms with Gasteiger partial charge >= 0.3 is 35.9 Å². The zero-order valence-corrected chi connectivity index (χ0v) is 61.2. The van der Waals surface area contributed by atoms with Crippen molar-refractivity contribution in [1.82, 2.24) is 5.32 Å². The largest absolute Gasteiger partial charge is 0.462 e. The first-order chi connectivity index (χ1) is 46.2. The third-order valence-corrected chi connectivity index (χ3v) is 21.1. The molecule has 12 atom stereocenters. The standard InChI is InChI=1S/C79H125NO17/c1-12-14-16-18-20-22-24-26-28-30-32-34-36-38-43-47-63(82)91-53-59(94-65(84)48-44-39-37-35-33-31-29-27-25-23-21-19-17-15-13-2)54-92-64(83)49-50-66(85)96-70(68(58-45-41-40-42-46-58)80-74(89)97-75(5,6)7)73(88)95-60-52-79(90)57(4)71-77(10)55-93-62(77)51-61(81)78(71,11)72(87)69(86)67(56(60)3)76(79,8)9/h26-29,40-42,45-46,57,59-62,68-71,81,86,90H,12-25,30-39,43-44,47-55H2,1-11H3,(H,80,89)/b28-26-,29-27-/t57-,59?,60-,61-,62+,68-,69+,70+,71+,77+,78+,79+/m0/s1. The number of allylic oxidation sites excluding steroid dienone is 4. The highest BCUT2D eigenvalue weighted by Crippen LogP contribution is 2.67. The normalized spacial score (nSPS) is 25.4. The number of unbranched alkanes of at least 4 members (excludes halogenated alkanes) is 22. The minimum atomic E-state index is -1.97. The van der Waals surface area contributed by atoms with Gasteiger partial charge in [-0.25, -0.2) is 9.59 Å². The molecule has 4 N–H and O–H groups in total. The SMILES string of the molecule is CCCCCCCC/C=C\CCCCCCCC(=O)OCC(COC(=O)CCC(=O)O[C@@H](C(=O)O[C@H]1C[C@@]2(O)[C@@H](C)[C@@H]3[C@]4(C)CO[C@@H]4C[C@H](O)[C@@]3(C)C(=O)[C@H](O)C(=C1C)C2(C)C)[C@@H](NC(=O)OC(C)(C)C)c1ccccc1)OC(=O)CCCCCCC/C=C\CCCCCCCC. The van der Waals surface area contributed by atoms with Crippen LogP contribution in [0.3, 0.4) is 0 Å². The molecule has 1 saturated heterocycles. The summed E-state index contributed by atoms with van der Waals surface area (Å²) in [5, 5.41) is 40.2. The van der Waals surface area contributed by atoms with Gasteiger partial charge in [0.2, 0.25) is 6.10 Å². The van der Waals surface area contributed by atoms with Gasteiger partial charge in [0, 0.05) is 36.5 Å². The van der Waals surface area contributed by atoms with Gasteiger partial charge < -0.3 is 53.8 Å². The van der Waals surface area contributed by atoms with Crippen molar-refractivity contribution in [3.8, 4) is 0 Å². The highest BCUT2D eigenvalue weighted by Gasteiger charge is 2.73. The van der Waals surface area contributed by atoms with Crippen molar-refractivity contribution >= 4 is 41.7 Å². The van der Waals surface area contributed by atoms with Crippen molar-refractivity contribution in [2.24, 2.45) is 28.1 Å². The van der Waals surface area contributed by atoms with E-state index in [2.05, 4.69) is 43.5 Å². The number of hydrogen-bond donors (Lipinski definition) is 4. The fraction of sp³-hybridized carbons (Fsp3) is 0.759. The van der Waals surface area contributed by atoms with Crippen LogP contribution in [0.25, 0.3) is 0 Å². The third kappa shape index (κ3) is 24.4. The van der Waals surface area contributed by atoms with Crippen molar-refractivity contribution in [2.75, 3.05) is 19.8 Å². The van der Waals surface area contributed by atoms with Crippen LogP contribution in [-0.2, 0) is 61.9 Å². The van der Waals surface area contributed by atoms with Crippen LogP contribution in [0, 0.1) is 28.1 Å². The van der Waals surface area contributed by atoms with E-state index in [0.29, 0.717) is 18.4 Å². The third-order valence-electron chi connectivity index (χ3n) is 21.1. The molecule has 1 unspecified atom stereocenters. The molecule has 3 aliphatic carbocycles. The summed E-state index contributed by atoms with van der Waals surface area (Å²) >= 11 is 0. The number of benzene rings is 1. The molecule has 18 heteroatoms. The summed E-state index contributed by atoms with van der Waals surface area (Å²) in [4.78, 5) is 97.9. The zero-order chi connectivity index (χ0) is 71.2. The summed E-state index contributed by atoms with van der Waals surface area (Å²) in [6.07, 6.45) is 28.2. The van der Waals surface area contributed by atoms with Gasteiger partial charge in [-0.15, -0.1) is 0 Å². The molecule has 1 amide bonds. The van der Waals surface area contributed by atoms with Crippen LogP contribution in [0.5, 0.6) is 0 Å². The maximum Gasteiger partial charge on any atom is 0.408 e. The molecule has 2 bridgehead atoms. The van der Waals surface area contributed by atoms with Gasteiger partial charge in [-0.2, -0.15) is 0 Å². The Labute approximate surface area is 581 Å². The molecule has 548 valence electrons. The minimum absolute atomic E-state index is 0.117. The lowest BCUT2D eigenvalue weighted by molar-refractivity contribution is -0.302. The quantitative estimate of drug-likeness (QED) is 0.0205. The van der Waals surface area contributed by atoms with Crippen LogP contribution in [0.2, 0.25) is 0 Å². The van der Waals surface area contributed by atoms with Gasteiger partial charge in [0.15, 0.2) is 11.9 Å². The highest BCUT2D eigenvalue weighted by atomic mass is 16.6. The Morgan fingerprint density at radius 1 is 0.649 bits per heavy atom. The minimum Gasteiger partial charge on any atom is -0.462 e. The maximum atomic E-state index is 15.2. The van der Waals surface area contributed by atoms with E-state index in [1.165, 1.54) is 77.0 Å². The van der Waals surface area contributed by atoms with Crippen molar-refractivity contribution < 1.29 is 82.0 Å². The van der Waals surface area contributed by atoms with E-state index in [4.69, 9.17) is 33.2 Å². The number of esters is 5. The second kappa shape index (κ2) is 40.7. The fourth-order valence-corrected chi connectivity index (χ4v) is 15.4. The average molecular weight is 1360 g/mol. The summed E-state index contributed by atoms with van der Waals surface area (Å²) in [6.45, 7) is 19.4. The number of carbonyl (C=O) groups excluding carboxylic acids is 7. The molecule has 0 radical (unpaired) electrons. The second-order valence-corrected chi connectivity index (χ2v) is 30.2. The molecule has 1 aromatic rings. The van der Waals surface area contributed by atoms with E-state index < -0.39 is 143 Å². The lowest BCUT2D eigenvalue weighted by Gasteiger charge is -2.68. The number of rotatable bonds is 44. The number of ketones is 1. The Hall–Kier alpha value is -5.43. The van der Waals surface area contributed by atoms with Crippen LogP contribution >= 0.6 is 0 Å². The van der Waals surface area contributed by atoms with Gasteiger partial charge in [-0.05, 0) is 127 Å². The number of Topliss-reactive ketones (excluding diaryl/α,β-unsaturated/α-hetero) is 1. The molecule has 1 heterocycles. The Morgan fingerprint density at radius 2 is 1.11 bits per heavy atom. The number of nitrogens with one attached hydrogen (secondary N) is 1. The summed E-state index contributed by atoms with van der Waals surface area (Å²) < 4.78 is 40.9. The Morgan fingerprint density at radius 3 is 1.61 bits per heavy atom. The lowest BCUT2D eigenvalue weighted by atomic mass is 9.40. The Bertz CT molecular complexity index is 2710. The number of amides is 1. The first-order valence-electron chi connectivity index (χ1n) is 37.4. The number of aliphatic hydroxyl groups excluding tert-OH is 2. The Balaban J connectivity index is 1.25. The fourth-order valence-electron chi connectivity index (χ4n) is 15.4. The lowest BCUT2D eigenvalue weighted by Crippen LogP contribution is -2.75. The summed E-state index contributed by atoms with van der Waals surface area (Å²) in [6, 6.07) is 6.74. The number of carbonyl (C=O) groups is 7. The van der Waals surface area contributed by atoms with Gasteiger partial charge in [0.25, 0.3) is 0 Å². The van der Waals surface area contributed by atoms with E-state index in [1.807, 2.05) is 13.8 Å². The predicted octanol–water partition coefficient (Wildman–Crippen LogP) is 15.8. The average Bonchev–Trinajstić information content (AvgIpc) is 0.677. The predicted molar refractivity (Wildman–Crippen MR) is 375 cm³/mol. The van der Waals surface area contributed by atoms with Crippen molar-refractivity contribution in [3.05, 3.63) is 71.3 Å². The number of hydrogen-bond acceptors (Lipinski definition) is 17. The van der Waals surface area contributed by atoms with E-state index in [0.717, 1.165) is 77.0 Å². The molecule has 18 nitrogen and oxygen atoms in total. The van der Waals surface area contributed by atoms with E-state index in [9.17, 15) is 44.1 Å². The first-order valence-corrected chi connectivity index (χ1v) is 37.4. The molecular formula is C79H125NO17. The molecule has 0 spiro atoms. The summed E-state index contributed by atoms with van der Waals surface area (Å²) in [7, 11) is 0. The van der Waals surface area contributed by atoms with Gasteiger partial charge in [-0.3, -0.25) is 24.0 Å². The van der Waals surface area contributed by atoms with Crippen LogP contribution < -0.4 is 5.32 Å². The van der Waals surface area contributed by atoms with E-state index >= 15 is 4.79 Å². The van der Waals surface area contributed by atoms with E-state index in [1.54, 1.807) is 78.8 Å². The number of fused-ring (bicyclic) bond motifs is 5. The highest BCUT2D eigenvalue weighted by molar-refractivity contribution is 5.93. The molecule has 1 aromatic carbocycles. The number of aliphatic hydroxyl groups is 3. The topological polar surface area (TPSA) is 257 Å². The Kier molecular flexibility index (Phi) is 34.5. The van der Waals surface area contributed by atoms with Crippen molar-refractivity contribution in [1.29, 1.82) is 0 Å². The summed E-state index contributed by atoms with van der Waals surface area (Å²) in [5.74, 6) is -6.22. The molecule has 1 aliphatic heterocycles. The molecule has 0 aromatic heterocycles. The number of alkyl carbamates (subject to hydrolysis) is 1. The molecular weight excluding hydrogens is 1230 g/mol. The van der Waals surface area contributed by atoms with Crippen molar-refractivity contribution in [3.63, 3.8) is 0 Å². The summed E-state index contributed by atoms with van der Waals surface area (Å²) in [5.41, 5.74) is -5.57. The molecule has 5 rings (SSSR count). The monoisotopic (exact) mass is 1360 g/mol. The van der Waals surface area contributed by atoms with Gasteiger partial charge in [0.05, 0.1) is 42.7 Å². The zero-order valence-electron chi connectivity index (χ0n) is 61.2. The number of ether oxygens (including phenoxy) is 7. The van der Waals surface area contributed by atoms with Crippen LogP contribution in [0.1, 0.15) is 293 Å². The van der Waals surface area contributed by atoms with Crippen LogP contribution in [0.15, 0.2) is 65.8 Å². The second-order valence-electron chi connectivity index (χ2n) is 30.2. The first kappa shape index (κ1) is 82.2. The van der Waals surface area contributed by atoms with Gasteiger partial charge in [0.1, 0.15) is 37.1 Å².